The summed E-state index contributed by atoms with van der Waals surface area (Å²) in [5, 5.41) is 7.03. The third-order valence-corrected chi connectivity index (χ3v) is 6.53. The van der Waals surface area contributed by atoms with Gasteiger partial charge in [-0.15, -0.1) is 11.3 Å². The maximum absolute atomic E-state index is 12.7. The Labute approximate surface area is 209 Å². The molecule has 10 heteroatoms. The second-order valence-corrected chi connectivity index (χ2v) is 9.04. The lowest BCUT2D eigenvalue weighted by Gasteiger charge is -2.14. The molecule has 4 aromatic rings. The zero-order chi connectivity index (χ0) is 23.5. The molecule has 0 saturated heterocycles. The smallest absolute Gasteiger partial charge is 0.257 e. The molecule has 1 amide bonds. The van der Waals surface area contributed by atoms with Crippen molar-refractivity contribution in [2.45, 2.75) is 0 Å². The van der Waals surface area contributed by atoms with E-state index in [2.05, 4.69) is 15.6 Å². The zero-order valence-electron chi connectivity index (χ0n) is 17.4. The normalized spacial score (nSPS) is 10.7. The van der Waals surface area contributed by atoms with Crippen LogP contribution in [-0.4, -0.2) is 30.2 Å². The Hall–Kier alpha value is -2.91. The fourth-order valence-corrected chi connectivity index (χ4v) is 4.96. The van der Waals surface area contributed by atoms with Gasteiger partial charge in [-0.1, -0.05) is 35.3 Å². The summed E-state index contributed by atoms with van der Waals surface area (Å²) >= 11 is 19.2. The van der Waals surface area contributed by atoms with Crippen LogP contribution in [0.4, 0.5) is 5.69 Å². The van der Waals surface area contributed by atoms with Crippen molar-refractivity contribution in [1.82, 2.24) is 10.3 Å². The van der Waals surface area contributed by atoms with E-state index in [1.807, 2.05) is 42.5 Å². The number of thiocarbonyl (C=S) groups is 1. The largest absolute Gasteiger partial charge is 0.495 e. The molecule has 3 aromatic carbocycles. The number of aromatic nitrogens is 1. The molecule has 33 heavy (non-hydrogen) atoms. The Bertz CT molecular complexity index is 1320. The van der Waals surface area contributed by atoms with Crippen LogP contribution in [-0.2, 0) is 0 Å². The van der Waals surface area contributed by atoms with Crippen molar-refractivity contribution in [2.75, 3.05) is 19.5 Å². The number of hydrogen-bond acceptors (Lipinski definition) is 6. The van der Waals surface area contributed by atoms with Crippen molar-refractivity contribution in [2.24, 2.45) is 0 Å². The average molecular weight is 518 g/mol. The first-order valence-corrected chi connectivity index (χ1v) is 11.6. The number of para-hydroxylation sites is 1. The molecule has 0 radical (unpaired) electrons. The average Bonchev–Trinajstić information content (AvgIpc) is 3.23. The molecule has 1 heterocycles. The first-order chi connectivity index (χ1) is 15.9. The minimum Gasteiger partial charge on any atom is -0.495 e. The van der Waals surface area contributed by atoms with Gasteiger partial charge in [-0.3, -0.25) is 10.1 Å². The van der Waals surface area contributed by atoms with Crippen LogP contribution in [0.3, 0.4) is 0 Å². The standard InChI is InChI=1S/C23H17Cl2N3O3S2/c1-30-18-8-7-12(22-26-16-5-3-4-6-19(16)33-22)11-17(18)27-23(32)28-21(29)13-9-14(24)20(31-2)15(25)10-13/h3-11H,1-2H3,(H2,27,28,29,32). The van der Waals surface area contributed by atoms with Crippen molar-refractivity contribution in [3.63, 3.8) is 0 Å². The lowest BCUT2D eigenvalue weighted by Crippen LogP contribution is -2.34. The van der Waals surface area contributed by atoms with Gasteiger partial charge in [-0.25, -0.2) is 4.98 Å². The van der Waals surface area contributed by atoms with Crippen LogP contribution in [0.2, 0.25) is 10.0 Å². The van der Waals surface area contributed by atoms with Gasteiger partial charge >= 0.3 is 0 Å². The molecule has 0 bridgehead atoms. The first kappa shape index (κ1) is 23.3. The van der Waals surface area contributed by atoms with E-state index in [0.717, 1.165) is 20.8 Å². The number of carbonyl (C=O) groups is 1. The van der Waals surface area contributed by atoms with Crippen LogP contribution in [0.15, 0.2) is 54.6 Å². The molecule has 6 nitrogen and oxygen atoms in total. The summed E-state index contributed by atoms with van der Waals surface area (Å²) in [6, 6.07) is 16.5. The lowest BCUT2D eigenvalue weighted by molar-refractivity contribution is 0.0977. The van der Waals surface area contributed by atoms with Gasteiger partial charge in [0.2, 0.25) is 0 Å². The number of thiazole rings is 1. The van der Waals surface area contributed by atoms with E-state index in [9.17, 15) is 4.79 Å². The predicted octanol–water partition coefficient (Wildman–Crippen LogP) is 6.41. The molecule has 168 valence electrons. The molecule has 4 rings (SSSR count). The van der Waals surface area contributed by atoms with E-state index in [-0.39, 0.29) is 20.7 Å². The van der Waals surface area contributed by atoms with Crippen molar-refractivity contribution in [1.29, 1.82) is 0 Å². The number of methoxy groups -OCH3 is 2. The molecular formula is C23H17Cl2N3O3S2. The lowest BCUT2D eigenvalue weighted by atomic mass is 10.2. The number of carbonyl (C=O) groups excluding carboxylic acids is 1. The van der Waals surface area contributed by atoms with E-state index >= 15 is 0 Å². The highest BCUT2D eigenvalue weighted by Crippen LogP contribution is 2.35. The summed E-state index contributed by atoms with van der Waals surface area (Å²) in [4.78, 5) is 17.3. The molecule has 1 aromatic heterocycles. The Morgan fingerprint density at radius 3 is 2.42 bits per heavy atom. The summed E-state index contributed by atoms with van der Waals surface area (Å²) < 4.78 is 11.6. The minimum absolute atomic E-state index is 0.0859. The van der Waals surface area contributed by atoms with Crippen LogP contribution in [0.1, 0.15) is 10.4 Å². The Morgan fingerprint density at radius 1 is 1.03 bits per heavy atom. The quantitative estimate of drug-likeness (QED) is 0.298. The molecule has 0 spiro atoms. The molecule has 0 aliphatic rings. The number of rotatable bonds is 5. The molecular weight excluding hydrogens is 501 g/mol. The van der Waals surface area contributed by atoms with Gasteiger partial charge in [-0.05, 0) is 54.7 Å². The topological polar surface area (TPSA) is 72.5 Å². The summed E-state index contributed by atoms with van der Waals surface area (Å²) in [6.07, 6.45) is 0. The van der Waals surface area contributed by atoms with Crippen molar-refractivity contribution in [3.05, 3.63) is 70.2 Å². The summed E-state index contributed by atoms with van der Waals surface area (Å²) in [7, 11) is 3.00. The predicted molar refractivity (Wildman–Crippen MR) is 138 cm³/mol. The zero-order valence-corrected chi connectivity index (χ0v) is 20.6. The third-order valence-electron chi connectivity index (χ3n) is 4.68. The second kappa shape index (κ2) is 9.93. The van der Waals surface area contributed by atoms with Gasteiger partial charge in [0, 0.05) is 11.1 Å². The number of hydrogen-bond donors (Lipinski definition) is 2. The van der Waals surface area contributed by atoms with E-state index < -0.39 is 5.91 Å². The van der Waals surface area contributed by atoms with E-state index in [1.165, 1.54) is 19.2 Å². The molecule has 0 atom stereocenters. The maximum Gasteiger partial charge on any atom is 0.257 e. The molecule has 0 saturated carbocycles. The van der Waals surface area contributed by atoms with Crippen molar-refractivity contribution in [3.8, 4) is 22.1 Å². The monoisotopic (exact) mass is 517 g/mol. The number of anilines is 1. The number of nitrogens with one attached hydrogen (secondary N) is 2. The van der Waals surface area contributed by atoms with Gasteiger partial charge in [0.05, 0.1) is 40.2 Å². The maximum atomic E-state index is 12.7. The summed E-state index contributed by atoms with van der Waals surface area (Å²) in [5.41, 5.74) is 2.65. The molecule has 2 N–H and O–H groups in total. The fourth-order valence-electron chi connectivity index (χ4n) is 3.15. The number of benzene rings is 3. The van der Waals surface area contributed by atoms with Gasteiger partial charge in [0.1, 0.15) is 10.8 Å². The van der Waals surface area contributed by atoms with Crippen LogP contribution in [0.25, 0.3) is 20.8 Å². The van der Waals surface area contributed by atoms with Gasteiger partial charge in [0.25, 0.3) is 5.91 Å². The first-order valence-electron chi connectivity index (χ1n) is 9.59. The van der Waals surface area contributed by atoms with Crippen molar-refractivity contribution < 1.29 is 14.3 Å². The Kier molecular flexibility index (Phi) is 6.99. The Morgan fingerprint density at radius 2 is 1.76 bits per heavy atom. The van der Waals surface area contributed by atoms with Gasteiger partial charge in [-0.2, -0.15) is 0 Å². The number of nitrogens with zero attached hydrogens (tertiary/aromatic N) is 1. The molecule has 0 fully saturated rings. The van der Waals surface area contributed by atoms with Crippen LogP contribution in [0, 0.1) is 0 Å². The molecule has 0 aliphatic carbocycles. The highest BCUT2D eigenvalue weighted by Gasteiger charge is 2.16. The number of fused-ring (bicyclic) bond motifs is 1. The second-order valence-electron chi connectivity index (χ2n) is 6.78. The van der Waals surface area contributed by atoms with Crippen LogP contribution < -0.4 is 20.1 Å². The third kappa shape index (κ3) is 5.04. The number of amides is 1. The van der Waals surface area contributed by atoms with E-state index in [4.69, 9.17) is 44.9 Å². The highest BCUT2D eigenvalue weighted by molar-refractivity contribution is 7.80. The highest BCUT2D eigenvalue weighted by atomic mass is 35.5. The number of halogens is 2. The minimum atomic E-state index is -0.472. The fraction of sp³-hybridized carbons (Fsp3) is 0.0870. The van der Waals surface area contributed by atoms with E-state index in [1.54, 1.807) is 18.4 Å². The molecule has 0 unspecified atom stereocenters. The van der Waals surface area contributed by atoms with Crippen molar-refractivity contribution >= 4 is 73.7 Å². The van der Waals surface area contributed by atoms with E-state index in [0.29, 0.717) is 17.2 Å². The SMILES string of the molecule is COc1ccc(-c2nc3ccccc3s2)cc1NC(=S)NC(=O)c1cc(Cl)c(OC)c(Cl)c1. The van der Waals surface area contributed by atoms with Gasteiger partial charge < -0.3 is 14.8 Å². The van der Waals surface area contributed by atoms with Gasteiger partial charge in [0.15, 0.2) is 10.9 Å². The number of ether oxygens (including phenoxy) is 2. The summed E-state index contributed by atoms with van der Waals surface area (Å²) in [6.45, 7) is 0. The Balaban J connectivity index is 1.55. The van der Waals surface area contributed by atoms with Crippen LogP contribution >= 0.6 is 46.8 Å². The molecule has 0 aliphatic heterocycles. The van der Waals surface area contributed by atoms with Crippen LogP contribution in [0.5, 0.6) is 11.5 Å². The summed E-state index contributed by atoms with van der Waals surface area (Å²) in [5.74, 6) is 0.388.